The van der Waals surface area contributed by atoms with Crippen LogP contribution in [0.2, 0.25) is 0 Å². The summed E-state index contributed by atoms with van der Waals surface area (Å²) in [7, 11) is 0. The normalized spacial score (nSPS) is 12.0. The lowest BCUT2D eigenvalue weighted by atomic mass is 10.3. The molecule has 0 atom stereocenters. The highest BCUT2D eigenvalue weighted by atomic mass is 19.4. The molecule has 0 bridgehead atoms. The highest BCUT2D eigenvalue weighted by Crippen LogP contribution is 2.21. The Morgan fingerprint density at radius 3 is 2.54 bits per heavy atom. The number of rotatable bonds is 3. The summed E-state index contributed by atoms with van der Waals surface area (Å²) in [6.07, 6.45) is -5.45. The largest absolute Gasteiger partial charge is 0.389 e. The van der Waals surface area contributed by atoms with E-state index in [1.165, 1.54) is 0 Å². The van der Waals surface area contributed by atoms with Gasteiger partial charge in [-0.25, -0.2) is 0 Å². The quantitative estimate of drug-likeness (QED) is 0.782. The van der Waals surface area contributed by atoms with Gasteiger partial charge in [0, 0.05) is 6.42 Å². The molecule has 0 amide bonds. The number of hydrogen-bond donors (Lipinski definition) is 1. The molecule has 0 saturated carbocycles. The monoisotopic (exact) mass is 195 g/mol. The topological polar surface area (TPSA) is 64.9 Å². The first-order valence-corrected chi connectivity index (χ1v) is 3.59. The van der Waals surface area contributed by atoms with Gasteiger partial charge in [0.2, 0.25) is 5.89 Å². The highest BCUT2D eigenvalue weighted by Gasteiger charge is 2.27. The Morgan fingerprint density at radius 1 is 1.38 bits per heavy atom. The molecule has 0 radical (unpaired) electrons. The molecular formula is C6H8F3N3O. The van der Waals surface area contributed by atoms with Crippen molar-refractivity contribution in [3.63, 3.8) is 0 Å². The molecule has 1 aromatic heterocycles. The van der Waals surface area contributed by atoms with E-state index in [-0.39, 0.29) is 24.7 Å². The Balaban J connectivity index is 2.46. The number of halogens is 3. The molecule has 1 rings (SSSR count). The smallest absolute Gasteiger partial charge is 0.339 e. The molecule has 0 spiro atoms. The number of aryl methyl sites for hydroxylation is 1. The van der Waals surface area contributed by atoms with E-state index in [9.17, 15) is 13.2 Å². The van der Waals surface area contributed by atoms with Crippen LogP contribution in [0.1, 0.15) is 18.1 Å². The standard InChI is InChI=1S/C6H8F3N3O/c7-6(8,9)2-1-5-11-4(3-10)12-13-5/h1-3,10H2. The van der Waals surface area contributed by atoms with Gasteiger partial charge >= 0.3 is 6.18 Å². The number of aromatic nitrogens is 2. The minimum atomic E-state index is -4.20. The summed E-state index contributed by atoms with van der Waals surface area (Å²) in [5, 5.41) is 3.36. The second-order valence-corrected chi connectivity index (χ2v) is 2.42. The summed E-state index contributed by atoms with van der Waals surface area (Å²) in [4.78, 5) is 3.63. The highest BCUT2D eigenvalue weighted by molar-refractivity contribution is 4.85. The zero-order valence-electron chi connectivity index (χ0n) is 6.64. The molecule has 0 fully saturated rings. The molecule has 1 heterocycles. The van der Waals surface area contributed by atoms with E-state index in [2.05, 4.69) is 14.7 Å². The van der Waals surface area contributed by atoms with Crippen LogP contribution in [-0.4, -0.2) is 16.3 Å². The van der Waals surface area contributed by atoms with Gasteiger partial charge in [-0.1, -0.05) is 5.16 Å². The molecule has 7 heteroatoms. The van der Waals surface area contributed by atoms with E-state index in [0.717, 1.165) is 0 Å². The fourth-order valence-corrected chi connectivity index (χ4v) is 0.723. The first-order valence-electron chi connectivity index (χ1n) is 3.59. The summed E-state index contributed by atoms with van der Waals surface area (Å²) in [6.45, 7) is 0.0650. The fourth-order valence-electron chi connectivity index (χ4n) is 0.723. The molecule has 4 nitrogen and oxygen atoms in total. The zero-order chi connectivity index (χ0) is 9.90. The first-order chi connectivity index (χ1) is 6.01. The van der Waals surface area contributed by atoms with Crippen LogP contribution in [0.25, 0.3) is 0 Å². The lowest BCUT2D eigenvalue weighted by Gasteiger charge is -2.01. The summed E-state index contributed by atoms with van der Waals surface area (Å²) in [5.41, 5.74) is 5.14. The van der Waals surface area contributed by atoms with Gasteiger partial charge in [0.25, 0.3) is 0 Å². The van der Waals surface area contributed by atoms with E-state index < -0.39 is 12.6 Å². The van der Waals surface area contributed by atoms with Gasteiger partial charge < -0.3 is 10.3 Å². The van der Waals surface area contributed by atoms with Crippen LogP contribution < -0.4 is 5.73 Å². The molecule has 0 aliphatic carbocycles. The van der Waals surface area contributed by atoms with Crippen LogP contribution >= 0.6 is 0 Å². The van der Waals surface area contributed by atoms with Crippen molar-refractivity contribution in [3.8, 4) is 0 Å². The molecule has 0 aliphatic heterocycles. The lowest BCUT2D eigenvalue weighted by Crippen LogP contribution is -2.08. The fraction of sp³-hybridized carbons (Fsp3) is 0.667. The maximum Gasteiger partial charge on any atom is 0.389 e. The van der Waals surface area contributed by atoms with E-state index in [0.29, 0.717) is 0 Å². The molecule has 0 aromatic carbocycles. The average molecular weight is 195 g/mol. The van der Waals surface area contributed by atoms with Crippen LogP contribution in [-0.2, 0) is 13.0 Å². The summed E-state index contributed by atoms with van der Waals surface area (Å²) in [6, 6.07) is 0. The second kappa shape index (κ2) is 3.73. The van der Waals surface area contributed by atoms with Crippen LogP contribution in [0.15, 0.2) is 4.52 Å². The Bertz CT molecular complexity index is 270. The zero-order valence-corrected chi connectivity index (χ0v) is 6.64. The van der Waals surface area contributed by atoms with E-state index in [1.54, 1.807) is 0 Å². The third-order valence-electron chi connectivity index (χ3n) is 1.32. The van der Waals surface area contributed by atoms with Crippen LogP contribution in [0.4, 0.5) is 13.2 Å². The van der Waals surface area contributed by atoms with E-state index >= 15 is 0 Å². The van der Waals surface area contributed by atoms with Gasteiger partial charge in [-0.2, -0.15) is 18.2 Å². The third-order valence-corrected chi connectivity index (χ3v) is 1.32. The summed E-state index contributed by atoms with van der Waals surface area (Å²) in [5.74, 6) is 0.190. The van der Waals surface area contributed by atoms with Crippen molar-refractivity contribution in [2.75, 3.05) is 0 Å². The van der Waals surface area contributed by atoms with Crippen molar-refractivity contribution in [1.29, 1.82) is 0 Å². The van der Waals surface area contributed by atoms with Crippen molar-refractivity contribution in [2.45, 2.75) is 25.6 Å². The van der Waals surface area contributed by atoms with Gasteiger partial charge in [0.15, 0.2) is 5.82 Å². The molecule has 2 N–H and O–H groups in total. The van der Waals surface area contributed by atoms with Crippen molar-refractivity contribution in [2.24, 2.45) is 5.73 Å². The first kappa shape index (κ1) is 9.97. The second-order valence-electron chi connectivity index (χ2n) is 2.42. The Labute approximate surface area is 71.9 Å². The number of hydrogen-bond acceptors (Lipinski definition) is 4. The van der Waals surface area contributed by atoms with Crippen LogP contribution in [0.3, 0.4) is 0 Å². The van der Waals surface area contributed by atoms with E-state index in [1.807, 2.05) is 0 Å². The molecule has 0 unspecified atom stereocenters. The van der Waals surface area contributed by atoms with Crippen molar-refractivity contribution in [1.82, 2.24) is 10.1 Å². The van der Waals surface area contributed by atoms with Crippen LogP contribution in [0.5, 0.6) is 0 Å². The van der Waals surface area contributed by atoms with Gasteiger partial charge in [-0.05, 0) is 0 Å². The molecule has 13 heavy (non-hydrogen) atoms. The van der Waals surface area contributed by atoms with E-state index in [4.69, 9.17) is 5.73 Å². The van der Waals surface area contributed by atoms with Gasteiger partial charge in [0.05, 0.1) is 13.0 Å². The minimum Gasteiger partial charge on any atom is -0.339 e. The summed E-state index contributed by atoms with van der Waals surface area (Å²) >= 11 is 0. The summed E-state index contributed by atoms with van der Waals surface area (Å²) < 4.78 is 39.7. The Kier molecular flexibility index (Phi) is 2.86. The minimum absolute atomic E-state index is 0.0298. The molecular weight excluding hydrogens is 187 g/mol. The van der Waals surface area contributed by atoms with Crippen LogP contribution in [0, 0.1) is 0 Å². The number of alkyl halides is 3. The molecule has 0 aliphatic rings. The maximum absolute atomic E-state index is 11.7. The lowest BCUT2D eigenvalue weighted by molar-refractivity contribution is -0.134. The molecule has 1 aromatic rings. The average Bonchev–Trinajstić information content (AvgIpc) is 2.47. The Hall–Kier alpha value is -1.11. The van der Waals surface area contributed by atoms with Crippen molar-refractivity contribution >= 4 is 0 Å². The predicted molar refractivity (Wildman–Crippen MR) is 36.6 cm³/mol. The Morgan fingerprint density at radius 2 is 2.08 bits per heavy atom. The maximum atomic E-state index is 11.7. The van der Waals surface area contributed by atoms with Gasteiger partial charge in [-0.15, -0.1) is 0 Å². The van der Waals surface area contributed by atoms with Crippen molar-refractivity contribution < 1.29 is 17.7 Å². The SMILES string of the molecule is NCc1noc(CCC(F)(F)F)n1. The molecule has 0 saturated heterocycles. The third kappa shape index (κ3) is 3.41. The number of nitrogens with two attached hydrogens (primary N) is 1. The molecule has 74 valence electrons. The number of nitrogens with zero attached hydrogens (tertiary/aromatic N) is 2. The predicted octanol–water partition coefficient (Wildman–Crippen LogP) is 1.02. The van der Waals surface area contributed by atoms with Gasteiger partial charge in [0.1, 0.15) is 0 Å². The van der Waals surface area contributed by atoms with Crippen molar-refractivity contribution in [3.05, 3.63) is 11.7 Å². The van der Waals surface area contributed by atoms with Gasteiger partial charge in [-0.3, -0.25) is 0 Å².